The van der Waals surface area contributed by atoms with E-state index in [4.69, 9.17) is 11.6 Å². The Bertz CT molecular complexity index is 399. The third kappa shape index (κ3) is 3.08. The molecule has 1 heterocycles. The molecule has 0 saturated carbocycles. The van der Waals surface area contributed by atoms with Crippen LogP contribution in [0, 0.1) is 0 Å². The van der Waals surface area contributed by atoms with Crippen LogP contribution in [0.3, 0.4) is 0 Å². The van der Waals surface area contributed by atoms with Gasteiger partial charge in [0.2, 0.25) is 0 Å². The van der Waals surface area contributed by atoms with Crippen molar-refractivity contribution in [3.8, 4) is 0 Å². The average Bonchev–Trinajstić information content (AvgIpc) is 2.84. The van der Waals surface area contributed by atoms with Crippen molar-refractivity contribution in [2.24, 2.45) is 0 Å². The van der Waals surface area contributed by atoms with Gasteiger partial charge in [-0.1, -0.05) is 30.3 Å². The highest BCUT2D eigenvalue weighted by Gasteiger charge is 2.08. The molecule has 1 aromatic heterocycles. The average molecular weight is 252 g/mol. The van der Waals surface area contributed by atoms with Crippen LogP contribution in [-0.4, -0.2) is 5.88 Å². The van der Waals surface area contributed by atoms with Crippen molar-refractivity contribution in [2.45, 2.75) is 12.6 Å². The van der Waals surface area contributed by atoms with E-state index < -0.39 is 0 Å². The van der Waals surface area contributed by atoms with Crippen molar-refractivity contribution in [1.29, 1.82) is 0 Å². The molecule has 0 amide bonds. The van der Waals surface area contributed by atoms with Crippen molar-refractivity contribution in [2.75, 3.05) is 5.88 Å². The fraction of sp³-hybridized carbons (Fsp3) is 0.231. The number of alkyl halides is 1. The number of thiophene rings is 1. The topological polar surface area (TPSA) is 12.0 Å². The summed E-state index contributed by atoms with van der Waals surface area (Å²) in [6, 6.07) is 12.7. The summed E-state index contributed by atoms with van der Waals surface area (Å²) < 4.78 is 0. The van der Waals surface area contributed by atoms with Gasteiger partial charge >= 0.3 is 0 Å². The normalized spacial score (nSPS) is 12.6. The number of halogens is 1. The summed E-state index contributed by atoms with van der Waals surface area (Å²) in [5, 5.41) is 7.71. The molecule has 0 aliphatic heterocycles. The van der Waals surface area contributed by atoms with Gasteiger partial charge in [0.25, 0.3) is 0 Å². The molecule has 0 saturated heterocycles. The van der Waals surface area contributed by atoms with Crippen LogP contribution in [0.15, 0.2) is 47.2 Å². The zero-order valence-corrected chi connectivity index (χ0v) is 10.5. The Kier molecular flexibility index (Phi) is 4.40. The lowest BCUT2D eigenvalue weighted by atomic mass is 10.1. The van der Waals surface area contributed by atoms with Gasteiger partial charge in [-0.25, -0.2) is 0 Å². The zero-order valence-electron chi connectivity index (χ0n) is 8.90. The summed E-state index contributed by atoms with van der Waals surface area (Å²) in [4.78, 5) is 0. The number of nitrogens with one attached hydrogen (secondary N) is 1. The van der Waals surface area contributed by atoms with Gasteiger partial charge in [-0.05, 0) is 28.0 Å². The van der Waals surface area contributed by atoms with Gasteiger partial charge in [0.1, 0.15) is 0 Å². The molecular weight excluding hydrogens is 238 g/mol. The molecule has 1 aromatic carbocycles. The summed E-state index contributed by atoms with van der Waals surface area (Å²) in [7, 11) is 0. The predicted molar refractivity (Wildman–Crippen MR) is 71.1 cm³/mol. The maximum atomic E-state index is 5.98. The fourth-order valence-corrected chi connectivity index (χ4v) is 2.54. The van der Waals surface area contributed by atoms with Crippen molar-refractivity contribution < 1.29 is 0 Å². The van der Waals surface area contributed by atoms with Crippen LogP contribution in [0.25, 0.3) is 0 Å². The lowest BCUT2D eigenvalue weighted by Crippen LogP contribution is -2.21. The maximum absolute atomic E-state index is 5.98. The highest BCUT2D eigenvalue weighted by Crippen LogP contribution is 2.15. The zero-order chi connectivity index (χ0) is 11.2. The first kappa shape index (κ1) is 11.6. The minimum atomic E-state index is 0.225. The van der Waals surface area contributed by atoms with Crippen LogP contribution in [-0.2, 0) is 6.54 Å². The van der Waals surface area contributed by atoms with Gasteiger partial charge in [0.05, 0.1) is 0 Å². The second-order valence-corrected chi connectivity index (χ2v) is 4.72. The molecule has 84 valence electrons. The summed E-state index contributed by atoms with van der Waals surface area (Å²) in [6.07, 6.45) is 0. The fourth-order valence-electron chi connectivity index (χ4n) is 1.58. The standard InChI is InChI=1S/C13H14ClNS/c14-8-13(12-4-2-1-3-5-12)15-9-11-6-7-16-10-11/h1-7,10,13,15H,8-9H2. The van der Waals surface area contributed by atoms with E-state index in [2.05, 4.69) is 34.3 Å². The molecule has 2 rings (SSSR count). The molecule has 2 aromatic rings. The summed E-state index contributed by atoms with van der Waals surface area (Å²) in [6.45, 7) is 0.871. The third-order valence-corrected chi connectivity index (χ3v) is 3.53. The van der Waals surface area contributed by atoms with Crippen molar-refractivity contribution >= 4 is 22.9 Å². The molecule has 0 aliphatic rings. The van der Waals surface area contributed by atoms with Gasteiger partial charge in [-0.15, -0.1) is 11.6 Å². The van der Waals surface area contributed by atoms with Crippen LogP contribution in [0.1, 0.15) is 17.2 Å². The quantitative estimate of drug-likeness (QED) is 0.797. The number of rotatable bonds is 5. The van der Waals surface area contributed by atoms with E-state index in [-0.39, 0.29) is 6.04 Å². The van der Waals surface area contributed by atoms with Crippen molar-refractivity contribution in [3.05, 3.63) is 58.3 Å². The van der Waals surface area contributed by atoms with Crippen LogP contribution in [0.5, 0.6) is 0 Å². The molecule has 0 aliphatic carbocycles. The van der Waals surface area contributed by atoms with Gasteiger partial charge < -0.3 is 5.32 Å². The Labute approximate surface area is 105 Å². The molecule has 0 spiro atoms. The van der Waals surface area contributed by atoms with Crippen LogP contribution >= 0.6 is 22.9 Å². The first-order chi connectivity index (χ1) is 7.90. The van der Waals surface area contributed by atoms with Crippen LogP contribution < -0.4 is 5.32 Å². The second-order valence-electron chi connectivity index (χ2n) is 3.63. The Morgan fingerprint density at radius 3 is 2.62 bits per heavy atom. The third-order valence-electron chi connectivity index (χ3n) is 2.49. The maximum Gasteiger partial charge on any atom is 0.0460 e. The van der Waals surface area contributed by atoms with Crippen LogP contribution in [0.4, 0.5) is 0 Å². The van der Waals surface area contributed by atoms with Crippen molar-refractivity contribution in [1.82, 2.24) is 5.32 Å². The van der Waals surface area contributed by atoms with E-state index in [9.17, 15) is 0 Å². The van der Waals surface area contributed by atoms with Gasteiger partial charge in [-0.3, -0.25) is 0 Å². The van der Waals surface area contributed by atoms with Crippen LogP contribution in [0.2, 0.25) is 0 Å². The Balaban J connectivity index is 1.96. The van der Waals surface area contributed by atoms with Crippen molar-refractivity contribution in [3.63, 3.8) is 0 Å². The minimum absolute atomic E-state index is 0.225. The molecule has 16 heavy (non-hydrogen) atoms. The smallest absolute Gasteiger partial charge is 0.0460 e. The van der Waals surface area contributed by atoms with E-state index >= 15 is 0 Å². The van der Waals surface area contributed by atoms with E-state index in [1.807, 2.05) is 18.2 Å². The number of hydrogen-bond acceptors (Lipinski definition) is 2. The molecule has 3 heteroatoms. The molecule has 1 nitrogen and oxygen atoms in total. The summed E-state index contributed by atoms with van der Waals surface area (Å²) in [5.41, 5.74) is 2.56. The van der Waals surface area contributed by atoms with Gasteiger partial charge in [0, 0.05) is 18.5 Å². The van der Waals surface area contributed by atoms with E-state index in [0.29, 0.717) is 5.88 Å². The first-order valence-electron chi connectivity index (χ1n) is 5.25. The predicted octanol–water partition coefficient (Wildman–Crippen LogP) is 3.82. The lowest BCUT2D eigenvalue weighted by molar-refractivity contribution is 0.580. The first-order valence-corrected chi connectivity index (χ1v) is 6.73. The second kappa shape index (κ2) is 6.04. The summed E-state index contributed by atoms with van der Waals surface area (Å²) >= 11 is 7.70. The molecule has 1 atom stereocenters. The summed E-state index contributed by atoms with van der Waals surface area (Å²) in [5.74, 6) is 0.591. The number of hydrogen-bond donors (Lipinski definition) is 1. The molecule has 0 bridgehead atoms. The van der Waals surface area contributed by atoms with Gasteiger partial charge in [0.15, 0.2) is 0 Å². The largest absolute Gasteiger partial charge is 0.305 e. The lowest BCUT2D eigenvalue weighted by Gasteiger charge is -2.15. The molecule has 0 fully saturated rings. The Morgan fingerprint density at radius 2 is 2.00 bits per heavy atom. The Hall–Kier alpha value is -0.830. The Morgan fingerprint density at radius 1 is 1.19 bits per heavy atom. The minimum Gasteiger partial charge on any atom is -0.305 e. The molecule has 0 radical (unpaired) electrons. The SMILES string of the molecule is ClCC(NCc1ccsc1)c1ccccc1. The monoisotopic (exact) mass is 251 g/mol. The molecular formula is C13H14ClNS. The molecule has 1 unspecified atom stereocenters. The number of benzene rings is 1. The van der Waals surface area contributed by atoms with E-state index in [1.54, 1.807) is 11.3 Å². The van der Waals surface area contributed by atoms with E-state index in [1.165, 1.54) is 11.1 Å². The highest BCUT2D eigenvalue weighted by atomic mass is 35.5. The van der Waals surface area contributed by atoms with Gasteiger partial charge in [-0.2, -0.15) is 11.3 Å². The highest BCUT2D eigenvalue weighted by molar-refractivity contribution is 7.07. The van der Waals surface area contributed by atoms with E-state index in [0.717, 1.165) is 6.54 Å². The molecule has 1 N–H and O–H groups in total.